The van der Waals surface area contributed by atoms with Gasteiger partial charge in [-0.2, -0.15) is 0 Å². The van der Waals surface area contributed by atoms with Crippen LogP contribution in [0.25, 0.3) is 44.1 Å². The fraction of sp³-hybridized carbons (Fsp3) is 0.250. The Morgan fingerprint density at radius 1 is 0.500 bits per heavy atom. The second-order valence-corrected chi connectivity index (χ2v) is 11.6. The highest BCUT2D eigenvalue weighted by atomic mass is 16.1. The molecule has 4 heteroatoms. The zero-order chi connectivity index (χ0) is 25.8. The molecule has 2 aromatic heterocycles. The number of rotatable bonds is 2. The topological polar surface area (TPSA) is 65.7 Å². The number of hydrogen-bond donors (Lipinski definition) is 2. The SMILES string of the molecule is CC(C)(C)c1ccc(-c2c[nH]c3c(ccc4c(=O)c(-c5ccc(C(C)(C)C)cc5)c[nH]c43)c2=O)cc1. The summed E-state index contributed by atoms with van der Waals surface area (Å²) in [6, 6.07) is 19.8. The first-order chi connectivity index (χ1) is 16.9. The first kappa shape index (κ1) is 23.8. The predicted molar refractivity (Wildman–Crippen MR) is 151 cm³/mol. The van der Waals surface area contributed by atoms with Crippen LogP contribution >= 0.6 is 0 Å². The molecule has 0 aliphatic heterocycles. The normalized spacial score (nSPS) is 12.4. The first-order valence-corrected chi connectivity index (χ1v) is 12.4. The Morgan fingerprint density at radius 3 is 1.14 bits per heavy atom. The van der Waals surface area contributed by atoms with E-state index in [-0.39, 0.29) is 21.7 Å². The third-order valence-corrected chi connectivity index (χ3v) is 7.03. The van der Waals surface area contributed by atoms with Crippen LogP contribution < -0.4 is 10.9 Å². The highest BCUT2D eigenvalue weighted by Gasteiger charge is 2.17. The van der Waals surface area contributed by atoms with Crippen molar-refractivity contribution in [3.05, 3.63) is 105 Å². The van der Waals surface area contributed by atoms with Crippen molar-refractivity contribution in [3.8, 4) is 22.3 Å². The van der Waals surface area contributed by atoms with Crippen molar-refractivity contribution in [1.29, 1.82) is 0 Å². The maximum Gasteiger partial charge on any atom is 0.197 e. The van der Waals surface area contributed by atoms with Gasteiger partial charge in [0, 0.05) is 34.3 Å². The molecule has 0 bridgehead atoms. The summed E-state index contributed by atoms with van der Waals surface area (Å²) in [6.45, 7) is 13.0. The standard InChI is InChI=1S/C32H32N2O2/c1-31(2,3)21-11-7-19(8-12-21)25-17-33-27-23(29(25)35)15-16-24-28(27)34-18-26(30(24)36)20-9-13-22(14-10-20)32(4,5)6/h7-18H,1-6H3,(H,33,35)(H,34,36). The Balaban J connectivity index is 1.60. The summed E-state index contributed by atoms with van der Waals surface area (Å²) in [4.78, 5) is 33.4. The molecule has 0 saturated heterocycles. The molecule has 36 heavy (non-hydrogen) atoms. The Hall–Kier alpha value is -3.92. The quantitative estimate of drug-likeness (QED) is 0.263. The van der Waals surface area contributed by atoms with Gasteiger partial charge in [-0.3, -0.25) is 9.59 Å². The number of pyridine rings is 2. The highest BCUT2D eigenvalue weighted by molar-refractivity contribution is 6.04. The summed E-state index contributed by atoms with van der Waals surface area (Å²) in [7, 11) is 0. The van der Waals surface area contributed by atoms with Crippen LogP contribution in [0.15, 0.2) is 82.6 Å². The minimum atomic E-state index is -0.0585. The third kappa shape index (κ3) is 4.07. The van der Waals surface area contributed by atoms with Crippen molar-refractivity contribution in [2.45, 2.75) is 52.4 Å². The summed E-state index contributed by atoms with van der Waals surface area (Å²) in [5.41, 5.74) is 6.65. The Bertz CT molecular complexity index is 1580. The summed E-state index contributed by atoms with van der Waals surface area (Å²) < 4.78 is 0. The molecule has 5 rings (SSSR count). The minimum absolute atomic E-state index is 0.0482. The maximum atomic E-state index is 13.4. The van der Waals surface area contributed by atoms with Gasteiger partial charge in [0.05, 0.1) is 11.0 Å². The number of fused-ring (bicyclic) bond motifs is 3. The molecule has 5 aromatic rings. The molecule has 2 heterocycles. The van der Waals surface area contributed by atoms with E-state index in [0.29, 0.717) is 32.9 Å². The predicted octanol–water partition coefficient (Wildman–Crippen LogP) is 7.30. The molecule has 4 nitrogen and oxygen atoms in total. The van der Waals surface area contributed by atoms with Gasteiger partial charge in [0.15, 0.2) is 10.9 Å². The average molecular weight is 477 g/mol. The molecule has 0 atom stereocenters. The van der Waals surface area contributed by atoms with E-state index >= 15 is 0 Å². The minimum Gasteiger partial charge on any atom is -0.359 e. The van der Waals surface area contributed by atoms with E-state index in [4.69, 9.17) is 0 Å². The lowest BCUT2D eigenvalue weighted by molar-refractivity contribution is 0.590. The molecular formula is C32H32N2O2. The third-order valence-electron chi connectivity index (χ3n) is 7.03. The van der Waals surface area contributed by atoms with E-state index in [1.807, 2.05) is 24.3 Å². The van der Waals surface area contributed by atoms with Gasteiger partial charge < -0.3 is 9.97 Å². The molecule has 0 saturated carbocycles. The molecule has 0 fully saturated rings. The second kappa shape index (κ2) is 8.34. The van der Waals surface area contributed by atoms with E-state index in [1.165, 1.54) is 11.1 Å². The van der Waals surface area contributed by atoms with E-state index in [9.17, 15) is 9.59 Å². The lowest BCUT2D eigenvalue weighted by Crippen LogP contribution is -2.12. The van der Waals surface area contributed by atoms with Gasteiger partial charge in [0.1, 0.15) is 0 Å². The van der Waals surface area contributed by atoms with Gasteiger partial charge in [-0.1, -0.05) is 90.1 Å². The summed E-state index contributed by atoms with van der Waals surface area (Å²) >= 11 is 0. The Kier molecular flexibility index (Phi) is 5.51. The van der Waals surface area contributed by atoms with E-state index in [0.717, 1.165) is 11.1 Å². The second-order valence-electron chi connectivity index (χ2n) is 11.6. The zero-order valence-electron chi connectivity index (χ0n) is 21.7. The van der Waals surface area contributed by atoms with Crippen LogP contribution in [0.3, 0.4) is 0 Å². The van der Waals surface area contributed by atoms with Gasteiger partial charge >= 0.3 is 0 Å². The van der Waals surface area contributed by atoms with Crippen LogP contribution in [-0.4, -0.2) is 9.97 Å². The molecule has 2 N–H and O–H groups in total. The van der Waals surface area contributed by atoms with Crippen LogP contribution in [0.5, 0.6) is 0 Å². The number of nitrogens with one attached hydrogen (secondary N) is 2. The summed E-state index contributed by atoms with van der Waals surface area (Å²) in [5.74, 6) is 0. The lowest BCUT2D eigenvalue weighted by atomic mass is 9.86. The number of benzene rings is 3. The summed E-state index contributed by atoms with van der Waals surface area (Å²) in [5, 5.41) is 1.11. The van der Waals surface area contributed by atoms with Gasteiger partial charge in [0.25, 0.3) is 0 Å². The number of H-pyrrole nitrogens is 2. The molecule has 0 spiro atoms. The van der Waals surface area contributed by atoms with Crippen LogP contribution in [-0.2, 0) is 10.8 Å². The number of hydrogen-bond acceptors (Lipinski definition) is 2. The van der Waals surface area contributed by atoms with Crippen molar-refractivity contribution < 1.29 is 0 Å². The fourth-order valence-corrected chi connectivity index (χ4v) is 4.72. The average Bonchev–Trinajstić information content (AvgIpc) is 2.83. The van der Waals surface area contributed by atoms with Crippen LogP contribution in [0, 0.1) is 0 Å². The van der Waals surface area contributed by atoms with Crippen molar-refractivity contribution in [3.63, 3.8) is 0 Å². The van der Waals surface area contributed by atoms with Gasteiger partial charge in [-0.05, 0) is 45.2 Å². The zero-order valence-corrected chi connectivity index (χ0v) is 21.7. The molecular weight excluding hydrogens is 444 g/mol. The van der Waals surface area contributed by atoms with E-state index < -0.39 is 0 Å². The number of aromatic nitrogens is 2. The van der Waals surface area contributed by atoms with Crippen molar-refractivity contribution in [2.24, 2.45) is 0 Å². The van der Waals surface area contributed by atoms with Crippen molar-refractivity contribution in [1.82, 2.24) is 9.97 Å². The smallest absolute Gasteiger partial charge is 0.197 e. The molecule has 182 valence electrons. The van der Waals surface area contributed by atoms with Crippen LogP contribution in [0.2, 0.25) is 0 Å². The molecule has 0 amide bonds. The summed E-state index contributed by atoms with van der Waals surface area (Å²) in [6.07, 6.45) is 3.49. The first-order valence-electron chi connectivity index (χ1n) is 12.4. The van der Waals surface area contributed by atoms with Crippen molar-refractivity contribution >= 4 is 21.8 Å². The lowest BCUT2D eigenvalue weighted by Gasteiger charge is -2.19. The molecule has 0 radical (unpaired) electrons. The highest BCUT2D eigenvalue weighted by Crippen LogP contribution is 2.28. The Morgan fingerprint density at radius 2 is 0.833 bits per heavy atom. The van der Waals surface area contributed by atoms with Gasteiger partial charge in [-0.25, -0.2) is 0 Å². The van der Waals surface area contributed by atoms with Gasteiger partial charge in [0.2, 0.25) is 0 Å². The monoisotopic (exact) mass is 476 g/mol. The van der Waals surface area contributed by atoms with E-state index in [1.54, 1.807) is 24.5 Å². The fourth-order valence-electron chi connectivity index (χ4n) is 4.72. The maximum absolute atomic E-state index is 13.4. The Labute approximate surface area is 211 Å². The van der Waals surface area contributed by atoms with Crippen molar-refractivity contribution in [2.75, 3.05) is 0 Å². The largest absolute Gasteiger partial charge is 0.359 e. The van der Waals surface area contributed by atoms with Crippen LogP contribution in [0.4, 0.5) is 0 Å². The molecule has 0 unspecified atom stereocenters. The van der Waals surface area contributed by atoms with Gasteiger partial charge in [-0.15, -0.1) is 0 Å². The molecule has 0 aliphatic rings. The number of aromatic amines is 2. The van der Waals surface area contributed by atoms with E-state index in [2.05, 4.69) is 75.8 Å². The molecule has 3 aromatic carbocycles. The van der Waals surface area contributed by atoms with Crippen LogP contribution in [0.1, 0.15) is 52.7 Å². The molecule has 0 aliphatic carbocycles.